The summed E-state index contributed by atoms with van der Waals surface area (Å²) in [5.74, 6) is -0.199. The molecular weight excluding hydrogens is 414 g/mol. The van der Waals surface area contributed by atoms with Crippen LogP contribution in [0, 0.1) is 5.92 Å². The van der Waals surface area contributed by atoms with Crippen LogP contribution >= 0.6 is 15.9 Å². The quantitative estimate of drug-likeness (QED) is 0.562. The number of rotatable bonds is 5. The molecule has 0 saturated carbocycles. The minimum absolute atomic E-state index is 0.0536. The van der Waals surface area contributed by atoms with Crippen molar-refractivity contribution in [2.45, 2.75) is 6.42 Å². The summed E-state index contributed by atoms with van der Waals surface area (Å²) in [6, 6.07) is 12.0. The standard InChI is InChI=1S/C19H18BrN3O4/c1-27-16-5-3-15(4-6-16)23-11-13(9-18(23)25)19(26)22-21-10-12-8-14(20)2-7-17(12)24/h2-8,10,13,24H,9,11H2,1H3,(H,22,26)/b21-10+/t13-/m0/s1. The maximum atomic E-state index is 12.3. The maximum absolute atomic E-state index is 12.3. The van der Waals surface area contributed by atoms with Crippen LogP contribution in [0.4, 0.5) is 5.69 Å². The molecule has 0 bridgehead atoms. The van der Waals surface area contributed by atoms with Crippen molar-refractivity contribution in [3.05, 3.63) is 52.5 Å². The Morgan fingerprint density at radius 1 is 1.33 bits per heavy atom. The number of carbonyl (C=O) groups is 2. The van der Waals surface area contributed by atoms with E-state index in [-0.39, 0.29) is 30.5 Å². The number of methoxy groups -OCH3 is 1. The number of benzene rings is 2. The number of hydrogen-bond donors (Lipinski definition) is 2. The first kappa shape index (κ1) is 18.9. The smallest absolute Gasteiger partial charge is 0.245 e. The van der Waals surface area contributed by atoms with E-state index < -0.39 is 5.92 Å². The van der Waals surface area contributed by atoms with E-state index in [9.17, 15) is 14.7 Å². The molecule has 8 heteroatoms. The minimum Gasteiger partial charge on any atom is -0.507 e. The third-order valence-electron chi connectivity index (χ3n) is 4.25. The number of halogens is 1. The van der Waals surface area contributed by atoms with Gasteiger partial charge in [0.05, 0.1) is 19.2 Å². The summed E-state index contributed by atoms with van der Waals surface area (Å²) in [6.07, 6.45) is 1.48. The van der Waals surface area contributed by atoms with E-state index in [2.05, 4.69) is 26.5 Å². The molecule has 1 heterocycles. The Morgan fingerprint density at radius 3 is 2.78 bits per heavy atom. The van der Waals surface area contributed by atoms with E-state index >= 15 is 0 Å². The van der Waals surface area contributed by atoms with Crippen molar-refractivity contribution < 1.29 is 19.4 Å². The predicted octanol–water partition coefficient (Wildman–Crippen LogP) is 2.67. The molecule has 0 unspecified atom stereocenters. The van der Waals surface area contributed by atoms with Gasteiger partial charge in [-0.05, 0) is 42.5 Å². The fourth-order valence-electron chi connectivity index (χ4n) is 2.78. The van der Waals surface area contributed by atoms with E-state index in [1.54, 1.807) is 48.4 Å². The number of aromatic hydroxyl groups is 1. The normalized spacial score (nSPS) is 16.7. The van der Waals surface area contributed by atoms with Crippen LogP contribution in [0.5, 0.6) is 11.5 Å². The highest BCUT2D eigenvalue weighted by molar-refractivity contribution is 9.10. The number of hydrogen-bond acceptors (Lipinski definition) is 5. The first-order valence-electron chi connectivity index (χ1n) is 8.24. The average molecular weight is 432 g/mol. The Morgan fingerprint density at radius 2 is 2.07 bits per heavy atom. The zero-order valence-electron chi connectivity index (χ0n) is 14.6. The van der Waals surface area contributed by atoms with Crippen LogP contribution < -0.4 is 15.1 Å². The van der Waals surface area contributed by atoms with E-state index in [1.807, 2.05) is 0 Å². The number of ether oxygens (including phenoxy) is 1. The fraction of sp³-hybridized carbons (Fsp3) is 0.211. The summed E-state index contributed by atoms with van der Waals surface area (Å²) in [5.41, 5.74) is 3.62. The van der Waals surface area contributed by atoms with Gasteiger partial charge >= 0.3 is 0 Å². The van der Waals surface area contributed by atoms with Crippen LogP contribution in [0.1, 0.15) is 12.0 Å². The average Bonchev–Trinajstić information content (AvgIpc) is 3.06. The molecular formula is C19H18BrN3O4. The molecule has 27 heavy (non-hydrogen) atoms. The van der Waals surface area contributed by atoms with Crippen molar-refractivity contribution in [3.63, 3.8) is 0 Å². The highest BCUT2D eigenvalue weighted by Gasteiger charge is 2.35. The topological polar surface area (TPSA) is 91.2 Å². The number of carbonyl (C=O) groups excluding carboxylic acids is 2. The summed E-state index contributed by atoms with van der Waals surface area (Å²) >= 11 is 3.30. The Labute approximate surface area is 164 Å². The zero-order chi connectivity index (χ0) is 19.4. The molecule has 0 aliphatic carbocycles. The number of phenolic OH excluding ortho intramolecular Hbond substituents is 1. The van der Waals surface area contributed by atoms with Crippen molar-refractivity contribution in [1.29, 1.82) is 0 Å². The van der Waals surface area contributed by atoms with Crippen LogP contribution in [0.2, 0.25) is 0 Å². The number of nitrogens with one attached hydrogen (secondary N) is 1. The van der Waals surface area contributed by atoms with Gasteiger partial charge in [-0.1, -0.05) is 15.9 Å². The van der Waals surface area contributed by atoms with Gasteiger partial charge in [-0.15, -0.1) is 0 Å². The predicted molar refractivity (Wildman–Crippen MR) is 105 cm³/mol. The molecule has 2 aromatic carbocycles. The molecule has 7 nitrogen and oxygen atoms in total. The lowest BCUT2D eigenvalue weighted by Crippen LogP contribution is -2.30. The van der Waals surface area contributed by atoms with Gasteiger partial charge in [-0.2, -0.15) is 5.10 Å². The third kappa shape index (κ3) is 4.46. The molecule has 2 aromatic rings. The van der Waals surface area contributed by atoms with Crippen LogP contribution in [0.25, 0.3) is 0 Å². The molecule has 1 aliphatic rings. The molecule has 1 aliphatic heterocycles. The number of amides is 2. The number of phenols is 1. The molecule has 2 amide bonds. The molecule has 1 fully saturated rings. The Balaban J connectivity index is 1.61. The maximum Gasteiger partial charge on any atom is 0.245 e. The first-order chi connectivity index (χ1) is 13.0. The monoisotopic (exact) mass is 431 g/mol. The van der Waals surface area contributed by atoms with E-state index in [0.717, 1.165) is 10.2 Å². The highest BCUT2D eigenvalue weighted by Crippen LogP contribution is 2.27. The molecule has 0 aromatic heterocycles. The van der Waals surface area contributed by atoms with Crippen molar-refractivity contribution in [2.75, 3.05) is 18.6 Å². The number of nitrogens with zero attached hydrogens (tertiary/aromatic N) is 2. The van der Waals surface area contributed by atoms with Crippen LogP contribution in [0.15, 0.2) is 52.0 Å². The summed E-state index contributed by atoms with van der Waals surface area (Å²) in [7, 11) is 1.57. The van der Waals surface area contributed by atoms with Gasteiger partial charge in [-0.3, -0.25) is 9.59 Å². The van der Waals surface area contributed by atoms with Gasteiger partial charge in [0, 0.05) is 28.7 Å². The zero-order valence-corrected chi connectivity index (χ0v) is 16.1. The second-order valence-corrected chi connectivity index (χ2v) is 6.96. The summed E-state index contributed by atoms with van der Waals surface area (Å²) in [4.78, 5) is 26.2. The fourth-order valence-corrected chi connectivity index (χ4v) is 3.16. The van der Waals surface area contributed by atoms with Crippen molar-refractivity contribution >= 4 is 39.6 Å². The molecule has 1 saturated heterocycles. The number of hydrazone groups is 1. The van der Waals surface area contributed by atoms with E-state index in [1.165, 1.54) is 12.3 Å². The summed E-state index contributed by atoms with van der Waals surface area (Å²) < 4.78 is 5.89. The largest absolute Gasteiger partial charge is 0.507 e. The second kappa shape index (κ2) is 8.22. The summed E-state index contributed by atoms with van der Waals surface area (Å²) in [6.45, 7) is 0.286. The SMILES string of the molecule is COc1ccc(N2C[C@@H](C(=O)N/N=C/c3cc(Br)ccc3O)CC2=O)cc1. The van der Waals surface area contributed by atoms with Crippen molar-refractivity contribution in [2.24, 2.45) is 11.0 Å². The van der Waals surface area contributed by atoms with Crippen molar-refractivity contribution in [1.82, 2.24) is 5.43 Å². The molecule has 2 N–H and O–H groups in total. The lowest BCUT2D eigenvalue weighted by Gasteiger charge is -2.16. The first-order valence-corrected chi connectivity index (χ1v) is 9.03. The third-order valence-corrected chi connectivity index (χ3v) is 4.74. The Bertz CT molecular complexity index is 883. The van der Waals surface area contributed by atoms with Gasteiger partial charge in [0.1, 0.15) is 11.5 Å². The highest BCUT2D eigenvalue weighted by atomic mass is 79.9. The van der Waals surface area contributed by atoms with Crippen LogP contribution in [-0.4, -0.2) is 36.8 Å². The van der Waals surface area contributed by atoms with Gasteiger partial charge in [-0.25, -0.2) is 5.43 Å². The Kier molecular flexibility index (Phi) is 5.75. The Hall–Kier alpha value is -2.87. The summed E-state index contributed by atoms with van der Waals surface area (Å²) in [5, 5.41) is 13.6. The number of anilines is 1. The van der Waals surface area contributed by atoms with Gasteiger partial charge in [0.25, 0.3) is 0 Å². The van der Waals surface area contributed by atoms with Gasteiger partial charge < -0.3 is 14.7 Å². The molecule has 140 valence electrons. The van der Waals surface area contributed by atoms with Gasteiger partial charge in [0.2, 0.25) is 11.8 Å². The molecule has 1 atom stereocenters. The van der Waals surface area contributed by atoms with Crippen LogP contribution in [-0.2, 0) is 9.59 Å². The molecule has 0 radical (unpaired) electrons. The molecule has 3 rings (SSSR count). The lowest BCUT2D eigenvalue weighted by molar-refractivity contribution is -0.126. The van der Waals surface area contributed by atoms with Crippen molar-refractivity contribution in [3.8, 4) is 11.5 Å². The molecule has 0 spiro atoms. The van der Waals surface area contributed by atoms with E-state index in [4.69, 9.17) is 4.74 Å². The minimum atomic E-state index is -0.493. The lowest BCUT2D eigenvalue weighted by atomic mass is 10.1. The second-order valence-electron chi connectivity index (χ2n) is 6.04. The van der Waals surface area contributed by atoms with E-state index in [0.29, 0.717) is 11.3 Å². The van der Waals surface area contributed by atoms with Crippen LogP contribution in [0.3, 0.4) is 0 Å². The van der Waals surface area contributed by atoms with Gasteiger partial charge in [0.15, 0.2) is 0 Å².